The highest BCUT2D eigenvalue weighted by atomic mass is 28.3. The molecule has 0 radical (unpaired) electrons. The molecule has 1 heterocycles. The van der Waals surface area contributed by atoms with Crippen molar-refractivity contribution < 1.29 is 4.74 Å². The standard InChI is InChI=1S/C17H36OSi2/c1-14(2)9-17-10-15(12-19(3,4)5)16(11-18-17)13-20(6,7)8/h14,17H,9-13H2,1-8H3. The Kier molecular flexibility index (Phi) is 6.30. The van der Waals surface area contributed by atoms with Gasteiger partial charge in [-0.2, -0.15) is 0 Å². The number of hydrogen-bond donors (Lipinski definition) is 0. The molecule has 3 heteroatoms. The number of hydrogen-bond acceptors (Lipinski definition) is 1. The van der Waals surface area contributed by atoms with Gasteiger partial charge in [0, 0.05) is 16.1 Å². The third kappa shape index (κ3) is 7.23. The molecule has 1 unspecified atom stereocenters. The molecule has 0 N–H and O–H groups in total. The molecule has 118 valence electrons. The van der Waals surface area contributed by atoms with Gasteiger partial charge < -0.3 is 4.74 Å². The second kappa shape index (κ2) is 6.93. The topological polar surface area (TPSA) is 9.23 Å². The average molecular weight is 313 g/mol. The van der Waals surface area contributed by atoms with Crippen LogP contribution >= 0.6 is 0 Å². The van der Waals surface area contributed by atoms with E-state index < -0.39 is 16.1 Å². The van der Waals surface area contributed by atoms with Crippen LogP contribution in [-0.2, 0) is 4.74 Å². The van der Waals surface area contributed by atoms with Gasteiger partial charge in [0.1, 0.15) is 0 Å². The van der Waals surface area contributed by atoms with E-state index in [9.17, 15) is 0 Å². The lowest BCUT2D eigenvalue weighted by atomic mass is 9.95. The maximum atomic E-state index is 6.17. The van der Waals surface area contributed by atoms with Gasteiger partial charge in [-0.25, -0.2) is 0 Å². The van der Waals surface area contributed by atoms with Gasteiger partial charge in [-0.3, -0.25) is 0 Å². The lowest BCUT2D eigenvalue weighted by Gasteiger charge is -2.33. The average Bonchev–Trinajstić information content (AvgIpc) is 2.16. The third-order valence-electron chi connectivity index (χ3n) is 3.69. The van der Waals surface area contributed by atoms with E-state index in [4.69, 9.17) is 4.74 Å². The highest BCUT2D eigenvalue weighted by Gasteiger charge is 2.28. The van der Waals surface area contributed by atoms with Crippen LogP contribution in [0.5, 0.6) is 0 Å². The first-order valence-corrected chi connectivity index (χ1v) is 15.7. The minimum Gasteiger partial charge on any atom is -0.374 e. The Labute approximate surface area is 129 Å². The molecule has 0 aromatic heterocycles. The van der Waals surface area contributed by atoms with Crippen LogP contribution in [-0.4, -0.2) is 28.9 Å². The third-order valence-corrected chi connectivity index (χ3v) is 6.66. The summed E-state index contributed by atoms with van der Waals surface area (Å²) in [5.41, 5.74) is 3.45. The van der Waals surface area contributed by atoms with Crippen molar-refractivity contribution in [3.05, 3.63) is 11.1 Å². The molecular formula is C17H36OSi2. The van der Waals surface area contributed by atoms with Gasteiger partial charge in [-0.05, 0) is 36.4 Å². The minimum atomic E-state index is -1.04. The second-order valence-corrected chi connectivity index (χ2v) is 20.4. The monoisotopic (exact) mass is 312 g/mol. The zero-order valence-corrected chi connectivity index (χ0v) is 17.1. The summed E-state index contributed by atoms with van der Waals surface area (Å²) in [6.07, 6.45) is 2.91. The fraction of sp³-hybridized carbons (Fsp3) is 0.882. The van der Waals surface area contributed by atoms with Crippen LogP contribution in [0.4, 0.5) is 0 Å². The molecule has 0 saturated carbocycles. The maximum Gasteiger partial charge on any atom is 0.0680 e. The molecule has 1 aliphatic rings. The number of ether oxygens (including phenoxy) is 1. The summed E-state index contributed by atoms with van der Waals surface area (Å²) in [7, 11) is -2.07. The van der Waals surface area contributed by atoms with Crippen LogP contribution in [0.2, 0.25) is 51.4 Å². The van der Waals surface area contributed by atoms with Crippen LogP contribution in [0, 0.1) is 5.92 Å². The number of rotatable bonds is 6. The predicted molar refractivity (Wildman–Crippen MR) is 97.1 cm³/mol. The van der Waals surface area contributed by atoms with Gasteiger partial charge in [-0.15, -0.1) is 0 Å². The summed E-state index contributed by atoms with van der Waals surface area (Å²) in [5, 5.41) is 0. The molecule has 0 fully saturated rings. The largest absolute Gasteiger partial charge is 0.374 e. The Hall–Kier alpha value is 0.134. The Morgan fingerprint density at radius 3 is 1.90 bits per heavy atom. The van der Waals surface area contributed by atoms with E-state index >= 15 is 0 Å². The smallest absolute Gasteiger partial charge is 0.0680 e. The van der Waals surface area contributed by atoms with Crippen molar-refractivity contribution in [3.63, 3.8) is 0 Å². The fourth-order valence-electron chi connectivity index (χ4n) is 3.13. The van der Waals surface area contributed by atoms with E-state index in [1.807, 2.05) is 0 Å². The lowest BCUT2D eigenvalue weighted by molar-refractivity contribution is 0.0436. The van der Waals surface area contributed by atoms with Crippen LogP contribution in [0.15, 0.2) is 11.1 Å². The Morgan fingerprint density at radius 1 is 0.950 bits per heavy atom. The first-order valence-electron chi connectivity index (χ1n) is 8.28. The molecule has 1 atom stereocenters. The van der Waals surface area contributed by atoms with E-state index in [0.29, 0.717) is 6.10 Å². The van der Waals surface area contributed by atoms with Crippen molar-refractivity contribution in [2.24, 2.45) is 5.92 Å². The van der Waals surface area contributed by atoms with Crippen LogP contribution in [0.3, 0.4) is 0 Å². The highest BCUT2D eigenvalue weighted by Crippen LogP contribution is 2.34. The van der Waals surface area contributed by atoms with Crippen molar-refractivity contribution in [1.82, 2.24) is 0 Å². The van der Waals surface area contributed by atoms with E-state index in [-0.39, 0.29) is 0 Å². The van der Waals surface area contributed by atoms with Gasteiger partial charge in [0.2, 0.25) is 0 Å². The zero-order valence-electron chi connectivity index (χ0n) is 15.1. The summed E-state index contributed by atoms with van der Waals surface area (Å²) >= 11 is 0. The van der Waals surface area contributed by atoms with Gasteiger partial charge in [0.05, 0.1) is 12.7 Å². The normalized spacial score (nSPS) is 21.8. The molecule has 0 amide bonds. The molecule has 1 aliphatic heterocycles. The molecular weight excluding hydrogens is 276 g/mol. The summed E-state index contributed by atoms with van der Waals surface area (Å²) in [6.45, 7) is 20.5. The van der Waals surface area contributed by atoms with E-state index in [0.717, 1.165) is 12.5 Å². The van der Waals surface area contributed by atoms with E-state index in [1.165, 1.54) is 24.9 Å². The van der Waals surface area contributed by atoms with Crippen molar-refractivity contribution in [1.29, 1.82) is 0 Å². The van der Waals surface area contributed by atoms with Crippen molar-refractivity contribution in [2.75, 3.05) is 6.61 Å². The summed E-state index contributed by atoms with van der Waals surface area (Å²) in [5.74, 6) is 0.742. The van der Waals surface area contributed by atoms with E-state index in [1.54, 1.807) is 11.1 Å². The first-order chi connectivity index (χ1) is 8.96. The first kappa shape index (κ1) is 18.2. The summed E-state index contributed by atoms with van der Waals surface area (Å²) < 4.78 is 6.17. The van der Waals surface area contributed by atoms with Gasteiger partial charge in [0.25, 0.3) is 0 Å². The maximum absolute atomic E-state index is 6.17. The van der Waals surface area contributed by atoms with Gasteiger partial charge in [-0.1, -0.05) is 58.7 Å². The second-order valence-electron chi connectivity index (χ2n) is 9.45. The SMILES string of the molecule is CC(C)CC1CC(C[Si](C)(C)C)=C(C[Si](C)(C)C)CO1. The van der Waals surface area contributed by atoms with Crippen LogP contribution in [0.25, 0.3) is 0 Å². The molecule has 1 nitrogen and oxygen atoms in total. The minimum absolute atomic E-state index is 0.478. The Balaban J connectivity index is 2.87. The van der Waals surface area contributed by atoms with Crippen molar-refractivity contribution >= 4 is 16.1 Å². The molecule has 0 bridgehead atoms. The molecule has 20 heavy (non-hydrogen) atoms. The molecule has 1 rings (SSSR count). The van der Waals surface area contributed by atoms with Crippen LogP contribution in [0.1, 0.15) is 26.7 Å². The Bertz CT molecular complexity index is 345. The summed E-state index contributed by atoms with van der Waals surface area (Å²) in [6, 6.07) is 2.71. The summed E-state index contributed by atoms with van der Waals surface area (Å²) in [4.78, 5) is 0. The van der Waals surface area contributed by atoms with Crippen molar-refractivity contribution in [3.8, 4) is 0 Å². The van der Waals surface area contributed by atoms with Crippen molar-refractivity contribution in [2.45, 2.75) is 84.2 Å². The highest BCUT2D eigenvalue weighted by molar-refractivity contribution is 6.77. The quantitative estimate of drug-likeness (QED) is 0.445. The van der Waals surface area contributed by atoms with E-state index in [2.05, 4.69) is 53.1 Å². The Morgan fingerprint density at radius 2 is 1.45 bits per heavy atom. The van der Waals surface area contributed by atoms with Crippen LogP contribution < -0.4 is 0 Å². The molecule has 0 aromatic carbocycles. The fourth-order valence-corrected chi connectivity index (χ4v) is 6.44. The zero-order chi connectivity index (χ0) is 15.6. The van der Waals surface area contributed by atoms with Gasteiger partial charge in [0.15, 0.2) is 0 Å². The lowest BCUT2D eigenvalue weighted by Crippen LogP contribution is -2.31. The van der Waals surface area contributed by atoms with Gasteiger partial charge >= 0.3 is 0 Å². The molecule has 0 aromatic rings. The molecule has 0 saturated heterocycles. The molecule has 0 spiro atoms. The predicted octanol–water partition coefficient (Wildman–Crippen LogP) is 5.79. The molecule has 0 aliphatic carbocycles.